The van der Waals surface area contributed by atoms with Crippen molar-refractivity contribution in [2.75, 3.05) is 11.9 Å². The van der Waals surface area contributed by atoms with Gasteiger partial charge in [0.05, 0.1) is 11.4 Å². The molecule has 0 fully saturated rings. The van der Waals surface area contributed by atoms with E-state index in [1.807, 2.05) is 45.9 Å². The summed E-state index contributed by atoms with van der Waals surface area (Å²) < 4.78 is 27.1. The molecule has 0 aromatic heterocycles. The zero-order valence-electron chi connectivity index (χ0n) is 15.7. The molecule has 2 aromatic rings. The number of hydrogen-bond acceptors (Lipinski definition) is 3. The van der Waals surface area contributed by atoms with Crippen LogP contribution in [0.25, 0.3) is 0 Å². The molecular formula is C20H26N2O3S. The second kappa shape index (κ2) is 8.47. The van der Waals surface area contributed by atoms with E-state index in [2.05, 4.69) is 10.0 Å². The predicted octanol–water partition coefficient (Wildman–Crippen LogP) is 3.60. The fourth-order valence-corrected chi connectivity index (χ4v) is 3.64. The van der Waals surface area contributed by atoms with Gasteiger partial charge < -0.3 is 5.32 Å². The number of anilines is 1. The standard InChI is InChI=1S/C20H26N2O3S/c1-5-16-8-6-7-15(4)20(16)22-19(23)13-21-26(24,25)18-11-9-17(10-12-18)14(2)3/h6-12,14,21H,5,13H2,1-4H3,(H,22,23). The van der Waals surface area contributed by atoms with Crippen LogP contribution in [0.4, 0.5) is 5.69 Å². The average Bonchev–Trinajstić information content (AvgIpc) is 2.62. The van der Waals surface area contributed by atoms with Gasteiger partial charge in [-0.2, -0.15) is 0 Å². The summed E-state index contributed by atoms with van der Waals surface area (Å²) in [5, 5.41) is 2.81. The lowest BCUT2D eigenvalue weighted by Crippen LogP contribution is -2.33. The fourth-order valence-electron chi connectivity index (χ4n) is 2.66. The SMILES string of the molecule is CCc1cccc(C)c1NC(=O)CNS(=O)(=O)c1ccc(C(C)C)cc1. The quantitative estimate of drug-likeness (QED) is 0.777. The molecule has 0 aliphatic rings. The van der Waals surface area contributed by atoms with E-state index in [-0.39, 0.29) is 11.4 Å². The van der Waals surface area contributed by atoms with Gasteiger partial charge >= 0.3 is 0 Å². The summed E-state index contributed by atoms with van der Waals surface area (Å²) >= 11 is 0. The Kier molecular flexibility index (Phi) is 6.56. The maximum absolute atomic E-state index is 12.4. The number of amides is 1. The van der Waals surface area contributed by atoms with Gasteiger partial charge in [0, 0.05) is 5.69 Å². The molecule has 0 radical (unpaired) electrons. The molecule has 140 valence electrons. The molecule has 26 heavy (non-hydrogen) atoms. The van der Waals surface area contributed by atoms with Gasteiger partial charge in [0.15, 0.2) is 0 Å². The first kappa shape index (κ1) is 20.1. The molecule has 5 nitrogen and oxygen atoms in total. The summed E-state index contributed by atoms with van der Waals surface area (Å²) in [6.07, 6.45) is 0.783. The Hall–Kier alpha value is -2.18. The lowest BCUT2D eigenvalue weighted by molar-refractivity contribution is -0.115. The zero-order chi connectivity index (χ0) is 19.3. The molecule has 0 spiro atoms. The first-order chi connectivity index (χ1) is 12.2. The van der Waals surface area contributed by atoms with Gasteiger partial charge in [0.25, 0.3) is 0 Å². The third-order valence-electron chi connectivity index (χ3n) is 4.28. The van der Waals surface area contributed by atoms with Gasteiger partial charge in [-0.05, 0) is 48.1 Å². The molecular weight excluding hydrogens is 348 g/mol. The topological polar surface area (TPSA) is 75.3 Å². The van der Waals surface area contributed by atoms with Crippen LogP contribution in [0.3, 0.4) is 0 Å². The van der Waals surface area contributed by atoms with E-state index in [4.69, 9.17) is 0 Å². The minimum absolute atomic E-state index is 0.153. The summed E-state index contributed by atoms with van der Waals surface area (Å²) in [6.45, 7) is 7.69. The Bertz CT molecular complexity index is 872. The van der Waals surface area contributed by atoms with Gasteiger partial charge in [-0.15, -0.1) is 0 Å². The van der Waals surface area contributed by atoms with Crippen LogP contribution in [-0.4, -0.2) is 20.9 Å². The molecule has 0 aliphatic carbocycles. The maximum atomic E-state index is 12.4. The number of carbonyl (C=O) groups excluding carboxylic acids is 1. The van der Waals surface area contributed by atoms with Crippen molar-refractivity contribution in [1.82, 2.24) is 4.72 Å². The zero-order valence-corrected chi connectivity index (χ0v) is 16.5. The van der Waals surface area contributed by atoms with E-state index in [1.54, 1.807) is 24.3 Å². The van der Waals surface area contributed by atoms with Crippen molar-refractivity contribution in [1.29, 1.82) is 0 Å². The molecule has 0 atom stereocenters. The Labute approximate surface area is 155 Å². The van der Waals surface area contributed by atoms with Crippen LogP contribution in [0, 0.1) is 6.92 Å². The van der Waals surface area contributed by atoms with Gasteiger partial charge in [-0.1, -0.05) is 51.1 Å². The van der Waals surface area contributed by atoms with Crippen LogP contribution in [0.2, 0.25) is 0 Å². The molecule has 0 bridgehead atoms. The largest absolute Gasteiger partial charge is 0.324 e. The number of carbonyl (C=O) groups is 1. The van der Waals surface area contributed by atoms with Crippen molar-refractivity contribution < 1.29 is 13.2 Å². The minimum Gasteiger partial charge on any atom is -0.324 e. The Morgan fingerprint density at radius 2 is 1.73 bits per heavy atom. The average molecular weight is 375 g/mol. The molecule has 0 saturated heterocycles. The second-order valence-electron chi connectivity index (χ2n) is 6.56. The fraction of sp³-hybridized carbons (Fsp3) is 0.350. The molecule has 2 aromatic carbocycles. The van der Waals surface area contributed by atoms with Gasteiger partial charge in [-0.25, -0.2) is 13.1 Å². The Balaban J connectivity index is 2.04. The van der Waals surface area contributed by atoms with Crippen LogP contribution in [0.15, 0.2) is 47.4 Å². The second-order valence-corrected chi connectivity index (χ2v) is 8.33. The molecule has 0 unspecified atom stereocenters. The molecule has 0 saturated carbocycles. The minimum atomic E-state index is -3.73. The third kappa shape index (κ3) is 4.93. The lowest BCUT2D eigenvalue weighted by atomic mass is 10.0. The summed E-state index contributed by atoms with van der Waals surface area (Å²) in [4.78, 5) is 12.4. The van der Waals surface area contributed by atoms with E-state index >= 15 is 0 Å². The number of para-hydroxylation sites is 1. The lowest BCUT2D eigenvalue weighted by Gasteiger charge is -2.13. The highest BCUT2D eigenvalue weighted by Crippen LogP contribution is 2.21. The van der Waals surface area contributed by atoms with E-state index in [0.717, 1.165) is 28.8 Å². The van der Waals surface area contributed by atoms with Crippen LogP contribution >= 0.6 is 0 Å². The van der Waals surface area contributed by atoms with Crippen LogP contribution in [0.1, 0.15) is 43.4 Å². The highest BCUT2D eigenvalue weighted by molar-refractivity contribution is 7.89. The van der Waals surface area contributed by atoms with E-state index < -0.39 is 15.9 Å². The highest BCUT2D eigenvalue weighted by atomic mass is 32.2. The van der Waals surface area contributed by atoms with E-state index in [1.165, 1.54) is 0 Å². The maximum Gasteiger partial charge on any atom is 0.241 e. The summed E-state index contributed by atoms with van der Waals surface area (Å²) in [5.74, 6) is -0.0660. The smallest absolute Gasteiger partial charge is 0.241 e. The Morgan fingerprint density at radius 1 is 1.08 bits per heavy atom. The van der Waals surface area contributed by atoms with E-state index in [9.17, 15) is 13.2 Å². The number of aryl methyl sites for hydroxylation is 2. The molecule has 1 amide bonds. The first-order valence-corrected chi connectivity index (χ1v) is 10.2. The van der Waals surface area contributed by atoms with Crippen molar-refractivity contribution in [3.63, 3.8) is 0 Å². The molecule has 2 N–H and O–H groups in total. The normalized spacial score (nSPS) is 11.6. The van der Waals surface area contributed by atoms with Crippen molar-refractivity contribution in [2.24, 2.45) is 0 Å². The predicted molar refractivity (Wildman–Crippen MR) is 105 cm³/mol. The third-order valence-corrected chi connectivity index (χ3v) is 5.70. The van der Waals surface area contributed by atoms with E-state index in [0.29, 0.717) is 5.92 Å². The van der Waals surface area contributed by atoms with Gasteiger partial charge in [-0.3, -0.25) is 4.79 Å². The molecule has 6 heteroatoms. The van der Waals surface area contributed by atoms with Crippen molar-refractivity contribution in [3.8, 4) is 0 Å². The number of sulfonamides is 1. The van der Waals surface area contributed by atoms with Gasteiger partial charge in [0.2, 0.25) is 15.9 Å². The van der Waals surface area contributed by atoms with Crippen molar-refractivity contribution in [2.45, 2.75) is 44.9 Å². The van der Waals surface area contributed by atoms with Crippen molar-refractivity contribution >= 4 is 21.6 Å². The molecule has 2 rings (SSSR count). The Morgan fingerprint density at radius 3 is 2.31 bits per heavy atom. The summed E-state index contributed by atoms with van der Waals surface area (Å²) in [7, 11) is -3.73. The number of benzene rings is 2. The molecule has 0 aliphatic heterocycles. The van der Waals surface area contributed by atoms with Crippen LogP contribution < -0.4 is 10.0 Å². The number of nitrogens with one attached hydrogen (secondary N) is 2. The summed E-state index contributed by atoms with van der Waals surface area (Å²) in [5.41, 5.74) is 3.78. The monoisotopic (exact) mass is 374 g/mol. The molecule has 0 heterocycles. The van der Waals surface area contributed by atoms with Gasteiger partial charge in [0.1, 0.15) is 0 Å². The summed E-state index contributed by atoms with van der Waals surface area (Å²) in [6, 6.07) is 12.5. The van der Waals surface area contributed by atoms with Crippen molar-refractivity contribution in [3.05, 3.63) is 59.2 Å². The first-order valence-electron chi connectivity index (χ1n) is 8.72. The van der Waals surface area contributed by atoms with Crippen LogP contribution in [-0.2, 0) is 21.2 Å². The highest BCUT2D eigenvalue weighted by Gasteiger charge is 2.16. The number of rotatable bonds is 7. The van der Waals surface area contributed by atoms with Crippen LogP contribution in [0.5, 0.6) is 0 Å². The number of hydrogen-bond donors (Lipinski definition) is 2.